The Morgan fingerprint density at radius 2 is 2.21 bits per heavy atom. The highest BCUT2D eigenvalue weighted by molar-refractivity contribution is 7.99. The minimum Gasteiger partial charge on any atom is -0.396 e. The number of aliphatic hydroxyl groups excluding tert-OH is 1. The van der Waals surface area contributed by atoms with Crippen LogP contribution in [0.5, 0.6) is 0 Å². The number of rotatable bonds is 6. The molecule has 0 radical (unpaired) electrons. The lowest BCUT2D eigenvalue weighted by atomic mass is 10.4. The number of nitrogens with zero attached hydrogens (tertiary/aromatic N) is 2. The first-order valence-electron chi connectivity index (χ1n) is 4.93. The number of thioether (sulfide) groups is 1. The Balaban J connectivity index is 2.21. The summed E-state index contributed by atoms with van der Waals surface area (Å²) in [6, 6.07) is 2.10. The predicted molar refractivity (Wildman–Crippen MR) is 60.7 cm³/mol. The minimum atomic E-state index is 0.299. The van der Waals surface area contributed by atoms with E-state index in [2.05, 4.69) is 18.1 Å². The van der Waals surface area contributed by atoms with Gasteiger partial charge in [-0.2, -0.15) is 16.9 Å². The summed E-state index contributed by atoms with van der Waals surface area (Å²) >= 11 is 1.87. The molecule has 0 saturated carbocycles. The van der Waals surface area contributed by atoms with Crippen LogP contribution in [0.2, 0.25) is 0 Å². The zero-order valence-corrected chi connectivity index (χ0v) is 9.68. The van der Waals surface area contributed by atoms with E-state index in [0.29, 0.717) is 6.61 Å². The highest BCUT2D eigenvalue weighted by atomic mass is 32.2. The number of aromatic nitrogens is 2. The fourth-order valence-electron chi connectivity index (χ4n) is 1.32. The molecule has 0 spiro atoms. The number of hydrogen-bond acceptors (Lipinski definition) is 3. The van der Waals surface area contributed by atoms with Crippen LogP contribution in [0.25, 0.3) is 0 Å². The van der Waals surface area contributed by atoms with Crippen molar-refractivity contribution in [1.29, 1.82) is 0 Å². The van der Waals surface area contributed by atoms with Crippen LogP contribution in [0.15, 0.2) is 6.07 Å². The van der Waals surface area contributed by atoms with Crippen molar-refractivity contribution >= 4 is 11.8 Å². The molecule has 0 aromatic carbocycles. The first kappa shape index (κ1) is 11.6. The molecule has 0 aliphatic rings. The van der Waals surface area contributed by atoms with Crippen LogP contribution in [-0.2, 0) is 6.54 Å². The third-order valence-corrected chi connectivity index (χ3v) is 3.05. The Bertz CT molecular complexity index is 273. The Kier molecular flexibility index (Phi) is 5.04. The zero-order valence-electron chi connectivity index (χ0n) is 8.86. The fourth-order valence-corrected chi connectivity index (χ4v) is 2.16. The Labute approximate surface area is 89.5 Å². The van der Waals surface area contributed by atoms with E-state index in [9.17, 15) is 0 Å². The molecule has 0 aliphatic carbocycles. The summed E-state index contributed by atoms with van der Waals surface area (Å²) < 4.78 is 2.04. The molecule has 0 amide bonds. The van der Waals surface area contributed by atoms with Gasteiger partial charge in [-0.15, -0.1) is 0 Å². The zero-order chi connectivity index (χ0) is 10.4. The van der Waals surface area contributed by atoms with Gasteiger partial charge in [0, 0.05) is 18.1 Å². The molecule has 4 heteroatoms. The predicted octanol–water partition coefficient (Wildman–Crippen LogP) is 1.62. The minimum absolute atomic E-state index is 0.299. The standard InChI is InChI=1S/C10H18N2OS/c1-9-8-10(2)12(11-9)4-7-14-6-3-5-13/h8,13H,3-7H2,1-2H3. The monoisotopic (exact) mass is 214 g/mol. The van der Waals surface area contributed by atoms with Gasteiger partial charge in [0.15, 0.2) is 0 Å². The van der Waals surface area contributed by atoms with Crippen molar-refractivity contribution in [2.75, 3.05) is 18.1 Å². The summed E-state index contributed by atoms with van der Waals surface area (Å²) in [4.78, 5) is 0. The molecule has 0 atom stereocenters. The molecule has 0 unspecified atom stereocenters. The number of aliphatic hydroxyl groups is 1. The third kappa shape index (κ3) is 3.72. The molecule has 80 valence electrons. The lowest BCUT2D eigenvalue weighted by molar-refractivity contribution is 0.296. The fraction of sp³-hybridized carbons (Fsp3) is 0.700. The van der Waals surface area contributed by atoms with Gasteiger partial charge < -0.3 is 5.11 Å². The quantitative estimate of drug-likeness (QED) is 0.731. The van der Waals surface area contributed by atoms with Gasteiger partial charge in [-0.05, 0) is 32.1 Å². The third-order valence-electron chi connectivity index (χ3n) is 2.00. The van der Waals surface area contributed by atoms with E-state index >= 15 is 0 Å². The SMILES string of the molecule is Cc1cc(C)n(CCSCCCO)n1. The molecular weight excluding hydrogens is 196 g/mol. The Morgan fingerprint density at radius 3 is 2.79 bits per heavy atom. The maximum atomic E-state index is 8.60. The van der Waals surface area contributed by atoms with Gasteiger partial charge in [-0.25, -0.2) is 0 Å². The van der Waals surface area contributed by atoms with Crippen molar-refractivity contribution < 1.29 is 5.11 Å². The average Bonchev–Trinajstić information content (AvgIpc) is 2.45. The molecule has 0 aliphatic heterocycles. The van der Waals surface area contributed by atoms with E-state index in [1.165, 1.54) is 5.69 Å². The molecule has 1 aromatic rings. The first-order chi connectivity index (χ1) is 6.74. The van der Waals surface area contributed by atoms with Crippen molar-refractivity contribution in [2.45, 2.75) is 26.8 Å². The normalized spacial score (nSPS) is 10.8. The second kappa shape index (κ2) is 6.09. The maximum absolute atomic E-state index is 8.60. The number of aryl methyl sites for hydroxylation is 3. The highest BCUT2D eigenvalue weighted by Gasteiger charge is 1.99. The summed E-state index contributed by atoms with van der Waals surface area (Å²) in [5.41, 5.74) is 2.31. The van der Waals surface area contributed by atoms with Crippen molar-refractivity contribution in [3.8, 4) is 0 Å². The molecule has 1 heterocycles. The van der Waals surface area contributed by atoms with E-state index in [0.717, 1.165) is 30.2 Å². The summed E-state index contributed by atoms with van der Waals surface area (Å²) in [5.74, 6) is 2.11. The molecule has 1 N–H and O–H groups in total. The van der Waals surface area contributed by atoms with E-state index in [1.807, 2.05) is 23.4 Å². The molecule has 14 heavy (non-hydrogen) atoms. The number of hydrogen-bond donors (Lipinski definition) is 1. The van der Waals surface area contributed by atoms with Crippen molar-refractivity contribution in [3.05, 3.63) is 17.5 Å². The lowest BCUT2D eigenvalue weighted by Gasteiger charge is -2.03. The van der Waals surface area contributed by atoms with Crippen molar-refractivity contribution in [3.63, 3.8) is 0 Å². The van der Waals surface area contributed by atoms with Crippen LogP contribution in [0.4, 0.5) is 0 Å². The molecule has 1 aromatic heterocycles. The highest BCUT2D eigenvalue weighted by Crippen LogP contribution is 2.06. The summed E-state index contributed by atoms with van der Waals surface area (Å²) in [7, 11) is 0. The van der Waals surface area contributed by atoms with Gasteiger partial charge in [-0.3, -0.25) is 4.68 Å². The molecule has 3 nitrogen and oxygen atoms in total. The van der Waals surface area contributed by atoms with Crippen LogP contribution < -0.4 is 0 Å². The second-order valence-corrected chi connectivity index (χ2v) is 4.56. The van der Waals surface area contributed by atoms with Gasteiger partial charge in [0.05, 0.1) is 12.2 Å². The Hall–Kier alpha value is -0.480. The lowest BCUT2D eigenvalue weighted by Crippen LogP contribution is -2.05. The van der Waals surface area contributed by atoms with E-state index in [4.69, 9.17) is 5.11 Å². The van der Waals surface area contributed by atoms with Gasteiger partial charge in [0.1, 0.15) is 0 Å². The van der Waals surface area contributed by atoms with Gasteiger partial charge >= 0.3 is 0 Å². The molecular formula is C10H18N2OS. The topological polar surface area (TPSA) is 38.0 Å². The van der Waals surface area contributed by atoms with E-state index in [-0.39, 0.29) is 0 Å². The molecule has 0 saturated heterocycles. The van der Waals surface area contributed by atoms with E-state index < -0.39 is 0 Å². The van der Waals surface area contributed by atoms with Crippen LogP contribution in [0.3, 0.4) is 0 Å². The smallest absolute Gasteiger partial charge is 0.0596 e. The van der Waals surface area contributed by atoms with Crippen LogP contribution >= 0.6 is 11.8 Å². The van der Waals surface area contributed by atoms with Crippen LogP contribution in [-0.4, -0.2) is 33.0 Å². The maximum Gasteiger partial charge on any atom is 0.0596 e. The van der Waals surface area contributed by atoms with Gasteiger partial charge in [0.2, 0.25) is 0 Å². The average molecular weight is 214 g/mol. The summed E-state index contributed by atoms with van der Waals surface area (Å²) in [6.07, 6.45) is 0.891. The molecule has 1 rings (SSSR count). The Morgan fingerprint density at radius 1 is 1.43 bits per heavy atom. The van der Waals surface area contributed by atoms with Gasteiger partial charge in [0.25, 0.3) is 0 Å². The first-order valence-corrected chi connectivity index (χ1v) is 6.09. The van der Waals surface area contributed by atoms with Crippen LogP contribution in [0.1, 0.15) is 17.8 Å². The van der Waals surface area contributed by atoms with Crippen LogP contribution in [0, 0.1) is 13.8 Å². The molecule has 0 fully saturated rings. The second-order valence-electron chi connectivity index (χ2n) is 3.34. The largest absolute Gasteiger partial charge is 0.396 e. The van der Waals surface area contributed by atoms with Crippen molar-refractivity contribution in [2.24, 2.45) is 0 Å². The van der Waals surface area contributed by atoms with E-state index in [1.54, 1.807) is 0 Å². The van der Waals surface area contributed by atoms with Gasteiger partial charge in [-0.1, -0.05) is 0 Å². The summed E-state index contributed by atoms with van der Waals surface area (Å²) in [5, 5.41) is 13.0. The summed E-state index contributed by atoms with van der Waals surface area (Å²) in [6.45, 7) is 5.36. The van der Waals surface area contributed by atoms with Crippen molar-refractivity contribution in [1.82, 2.24) is 9.78 Å². The molecule has 0 bridgehead atoms.